The summed E-state index contributed by atoms with van der Waals surface area (Å²) in [5, 5.41) is 5.98. The van der Waals surface area contributed by atoms with Gasteiger partial charge in [-0.25, -0.2) is 0 Å². The van der Waals surface area contributed by atoms with Crippen LogP contribution in [0.1, 0.15) is 31.1 Å². The van der Waals surface area contributed by atoms with Crippen LogP contribution in [-0.2, 0) is 4.79 Å². The van der Waals surface area contributed by atoms with Gasteiger partial charge in [-0.3, -0.25) is 9.59 Å². The van der Waals surface area contributed by atoms with Crippen molar-refractivity contribution in [3.8, 4) is 0 Å². The Balaban J connectivity index is 2.11. The molecule has 2 amide bonds. The lowest BCUT2D eigenvalue weighted by Crippen LogP contribution is -2.13. The van der Waals surface area contributed by atoms with Crippen molar-refractivity contribution in [2.75, 3.05) is 10.6 Å². The summed E-state index contributed by atoms with van der Waals surface area (Å²) in [5.41, 5.74) is 2.05. The van der Waals surface area contributed by atoms with Crippen molar-refractivity contribution in [3.05, 3.63) is 54.1 Å². The number of carbonyl (C=O) groups is 2. The molecular weight excluding hydrogens is 308 g/mol. The number of rotatable bonds is 5. The summed E-state index contributed by atoms with van der Waals surface area (Å²) in [5.74, 6) is -0.262. The van der Waals surface area contributed by atoms with Crippen molar-refractivity contribution in [2.24, 2.45) is 0 Å². The summed E-state index contributed by atoms with van der Waals surface area (Å²) < 4.78 is 0. The Hall–Kier alpha value is -2.27. The van der Waals surface area contributed by atoms with E-state index in [2.05, 4.69) is 24.5 Å². The first kappa shape index (κ1) is 17.1. The fourth-order valence-electron chi connectivity index (χ4n) is 2.05. The number of amides is 2. The summed E-state index contributed by atoms with van der Waals surface area (Å²) in [7, 11) is 0. The van der Waals surface area contributed by atoms with Crippen LogP contribution in [0.2, 0.25) is 0 Å². The van der Waals surface area contributed by atoms with Crippen molar-refractivity contribution in [3.63, 3.8) is 0 Å². The van der Waals surface area contributed by atoms with Crippen LogP contribution in [-0.4, -0.2) is 17.1 Å². The molecule has 2 rings (SSSR count). The van der Waals surface area contributed by atoms with E-state index in [4.69, 9.17) is 0 Å². The zero-order valence-corrected chi connectivity index (χ0v) is 14.2. The van der Waals surface area contributed by atoms with E-state index in [1.54, 1.807) is 36.0 Å². The van der Waals surface area contributed by atoms with Crippen molar-refractivity contribution < 1.29 is 9.59 Å². The van der Waals surface area contributed by atoms with E-state index >= 15 is 0 Å². The summed E-state index contributed by atoms with van der Waals surface area (Å²) in [4.78, 5) is 24.5. The molecule has 2 aromatic rings. The van der Waals surface area contributed by atoms with E-state index in [9.17, 15) is 9.59 Å². The molecule has 2 aromatic carbocycles. The number of carbonyl (C=O) groups excluding carboxylic acids is 2. The minimum Gasteiger partial charge on any atom is -0.326 e. The van der Waals surface area contributed by atoms with Gasteiger partial charge in [0.05, 0.1) is 5.56 Å². The monoisotopic (exact) mass is 328 g/mol. The fraction of sp³-hybridized carbons (Fsp3) is 0.222. The van der Waals surface area contributed by atoms with E-state index < -0.39 is 0 Å². The first-order chi connectivity index (χ1) is 11.0. The molecule has 4 nitrogen and oxygen atoms in total. The number of hydrogen-bond donors (Lipinski definition) is 2. The van der Waals surface area contributed by atoms with Gasteiger partial charge in [0, 0.05) is 28.4 Å². The zero-order chi connectivity index (χ0) is 16.8. The maximum Gasteiger partial charge on any atom is 0.256 e. The summed E-state index contributed by atoms with van der Waals surface area (Å²) in [6.07, 6.45) is 0. The molecule has 5 heteroatoms. The van der Waals surface area contributed by atoms with Gasteiger partial charge in [0.1, 0.15) is 0 Å². The molecule has 0 spiro atoms. The molecule has 0 aliphatic rings. The van der Waals surface area contributed by atoms with Crippen LogP contribution < -0.4 is 10.6 Å². The Morgan fingerprint density at radius 1 is 0.913 bits per heavy atom. The van der Waals surface area contributed by atoms with Gasteiger partial charge in [0.15, 0.2) is 0 Å². The van der Waals surface area contributed by atoms with Gasteiger partial charge in [-0.05, 0) is 36.4 Å². The van der Waals surface area contributed by atoms with Gasteiger partial charge >= 0.3 is 0 Å². The Labute approximate surface area is 140 Å². The van der Waals surface area contributed by atoms with E-state index in [1.165, 1.54) is 6.92 Å². The van der Waals surface area contributed by atoms with Crippen LogP contribution in [0.25, 0.3) is 0 Å². The van der Waals surface area contributed by atoms with E-state index in [-0.39, 0.29) is 11.8 Å². The second-order valence-corrected chi connectivity index (χ2v) is 6.99. The van der Waals surface area contributed by atoms with Crippen LogP contribution >= 0.6 is 11.8 Å². The average molecular weight is 328 g/mol. The Kier molecular flexibility index (Phi) is 5.82. The van der Waals surface area contributed by atoms with Gasteiger partial charge in [-0.1, -0.05) is 26.0 Å². The topological polar surface area (TPSA) is 58.2 Å². The van der Waals surface area contributed by atoms with Gasteiger partial charge in [-0.2, -0.15) is 0 Å². The van der Waals surface area contributed by atoms with E-state index in [0.29, 0.717) is 22.2 Å². The molecule has 120 valence electrons. The van der Waals surface area contributed by atoms with Gasteiger partial charge in [0.2, 0.25) is 5.91 Å². The highest BCUT2D eigenvalue weighted by molar-refractivity contribution is 8.00. The lowest BCUT2D eigenvalue weighted by Gasteiger charge is -2.12. The number of nitrogens with one attached hydrogen (secondary N) is 2. The highest BCUT2D eigenvalue weighted by atomic mass is 32.2. The quantitative estimate of drug-likeness (QED) is 0.800. The summed E-state index contributed by atoms with van der Waals surface area (Å²) in [6, 6.07) is 14.6. The molecule has 0 bridgehead atoms. The van der Waals surface area contributed by atoms with Crippen LogP contribution in [0.15, 0.2) is 53.4 Å². The molecule has 0 aliphatic carbocycles. The number of anilines is 2. The predicted octanol–water partition coefficient (Wildman–Crippen LogP) is 4.40. The Morgan fingerprint density at radius 2 is 1.48 bits per heavy atom. The molecule has 0 saturated heterocycles. The first-order valence-electron chi connectivity index (χ1n) is 7.40. The van der Waals surface area contributed by atoms with Gasteiger partial charge in [-0.15, -0.1) is 11.8 Å². The fourth-order valence-corrected chi connectivity index (χ4v) is 3.00. The number of hydrogen-bond acceptors (Lipinski definition) is 3. The maximum absolute atomic E-state index is 12.5. The van der Waals surface area contributed by atoms with Crippen molar-refractivity contribution >= 4 is 35.0 Å². The van der Waals surface area contributed by atoms with Gasteiger partial charge < -0.3 is 10.6 Å². The summed E-state index contributed by atoms with van der Waals surface area (Å²) in [6.45, 7) is 5.65. The lowest BCUT2D eigenvalue weighted by molar-refractivity contribution is -0.114. The third-order valence-electron chi connectivity index (χ3n) is 2.96. The number of benzene rings is 2. The van der Waals surface area contributed by atoms with Crippen LogP contribution in [0, 0.1) is 0 Å². The molecule has 0 heterocycles. The molecule has 0 aromatic heterocycles. The van der Waals surface area contributed by atoms with Crippen molar-refractivity contribution in [1.82, 2.24) is 0 Å². The molecule has 0 radical (unpaired) electrons. The smallest absolute Gasteiger partial charge is 0.256 e. The highest BCUT2D eigenvalue weighted by Gasteiger charge is 2.12. The molecule has 23 heavy (non-hydrogen) atoms. The van der Waals surface area contributed by atoms with Crippen molar-refractivity contribution in [1.29, 1.82) is 0 Å². The van der Waals surface area contributed by atoms with Crippen LogP contribution in [0.4, 0.5) is 11.4 Å². The minimum absolute atomic E-state index is 0.124. The average Bonchev–Trinajstić information content (AvgIpc) is 2.48. The standard InChI is InChI=1S/C18H20N2O2S/c1-12(2)23-17-7-5-4-6-16(17)18(22)20-15-10-8-14(9-11-15)19-13(3)21/h4-12H,1-3H3,(H,19,21)(H,20,22). The lowest BCUT2D eigenvalue weighted by atomic mass is 10.2. The Morgan fingerprint density at radius 3 is 2.04 bits per heavy atom. The molecule has 0 saturated carbocycles. The second kappa shape index (κ2) is 7.83. The predicted molar refractivity (Wildman–Crippen MR) is 96.1 cm³/mol. The first-order valence-corrected chi connectivity index (χ1v) is 8.28. The molecule has 0 fully saturated rings. The minimum atomic E-state index is -0.138. The SMILES string of the molecule is CC(=O)Nc1ccc(NC(=O)c2ccccc2SC(C)C)cc1. The zero-order valence-electron chi connectivity index (χ0n) is 13.4. The van der Waals surface area contributed by atoms with Crippen molar-refractivity contribution in [2.45, 2.75) is 30.9 Å². The summed E-state index contributed by atoms with van der Waals surface area (Å²) >= 11 is 1.66. The second-order valence-electron chi connectivity index (χ2n) is 5.38. The van der Waals surface area contributed by atoms with Crippen LogP contribution in [0.5, 0.6) is 0 Å². The Bertz CT molecular complexity index is 696. The third kappa shape index (κ3) is 5.14. The molecule has 0 unspecified atom stereocenters. The number of thioether (sulfide) groups is 1. The molecular formula is C18H20N2O2S. The molecule has 0 aliphatic heterocycles. The molecule has 2 N–H and O–H groups in total. The van der Waals surface area contributed by atoms with E-state index in [1.807, 2.05) is 24.3 Å². The van der Waals surface area contributed by atoms with E-state index in [0.717, 1.165) is 4.90 Å². The van der Waals surface area contributed by atoms with Gasteiger partial charge in [0.25, 0.3) is 5.91 Å². The highest BCUT2D eigenvalue weighted by Crippen LogP contribution is 2.27. The third-order valence-corrected chi connectivity index (χ3v) is 4.04. The normalized spacial score (nSPS) is 10.4. The van der Waals surface area contributed by atoms with Crippen LogP contribution in [0.3, 0.4) is 0 Å². The molecule has 0 atom stereocenters. The maximum atomic E-state index is 12.5. The largest absolute Gasteiger partial charge is 0.326 e.